The van der Waals surface area contributed by atoms with Crippen LogP contribution in [0.25, 0.3) is 0 Å². The second-order valence-corrected chi connectivity index (χ2v) is 7.73. The zero-order valence-electron chi connectivity index (χ0n) is 16.8. The van der Waals surface area contributed by atoms with E-state index in [4.69, 9.17) is 0 Å². The van der Waals surface area contributed by atoms with Crippen LogP contribution in [0.15, 0.2) is 36.5 Å². The fourth-order valence-corrected chi connectivity index (χ4v) is 3.84. The van der Waals surface area contributed by atoms with Gasteiger partial charge in [0.1, 0.15) is 5.69 Å². The Bertz CT molecular complexity index is 895. The van der Waals surface area contributed by atoms with Gasteiger partial charge in [-0.1, -0.05) is 18.2 Å². The Kier molecular flexibility index (Phi) is 5.33. The highest BCUT2D eigenvalue weighted by Gasteiger charge is 2.35. The van der Waals surface area contributed by atoms with Gasteiger partial charge < -0.3 is 20.0 Å². The number of nitrogens with zero attached hydrogens (tertiary/aromatic N) is 5. The van der Waals surface area contributed by atoms with Crippen molar-refractivity contribution in [1.29, 1.82) is 0 Å². The topological polar surface area (TPSA) is 81.7 Å². The molecule has 4 rings (SSSR count). The van der Waals surface area contributed by atoms with Crippen molar-refractivity contribution in [1.82, 2.24) is 9.97 Å². The predicted molar refractivity (Wildman–Crippen MR) is 113 cm³/mol. The average Bonchev–Trinajstić information content (AvgIpc) is 3.39. The van der Waals surface area contributed by atoms with Crippen LogP contribution < -0.4 is 20.0 Å². The van der Waals surface area contributed by atoms with Crippen molar-refractivity contribution < 1.29 is 9.59 Å². The van der Waals surface area contributed by atoms with E-state index in [-0.39, 0.29) is 18.2 Å². The smallest absolute Gasteiger partial charge is 0.229 e. The van der Waals surface area contributed by atoms with Crippen LogP contribution in [0.3, 0.4) is 0 Å². The van der Waals surface area contributed by atoms with Crippen LogP contribution in [-0.4, -0.2) is 55.5 Å². The molecule has 2 aliphatic heterocycles. The number of hydrogen-bond donors (Lipinski definition) is 1. The molecule has 2 aromatic rings. The highest BCUT2D eigenvalue weighted by Crippen LogP contribution is 2.29. The van der Waals surface area contributed by atoms with Gasteiger partial charge in [-0.3, -0.25) is 9.59 Å². The molecule has 29 heavy (non-hydrogen) atoms. The van der Waals surface area contributed by atoms with E-state index < -0.39 is 5.92 Å². The van der Waals surface area contributed by atoms with E-state index in [1.54, 1.807) is 11.1 Å². The van der Waals surface area contributed by atoms with Crippen LogP contribution in [0, 0.1) is 5.92 Å². The Morgan fingerprint density at radius 3 is 2.59 bits per heavy atom. The van der Waals surface area contributed by atoms with Crippen molar-refractivity contribution in [2.75, 3.05) is 53.7 Å². The minimum atomic E-state index is -0.407. The fraction of sp³-hybridized carbons (Fsp3) is 0.429. The third-order valence-corrected chi connectivity index (χ3v) is 5.39. The molecule has 1 aromatic heterocycles. The minimum absolute atomic E-state index is 0.0372. The first-order chi connectivity index (χ1) is 14.0. The molecule has 1 N–H and O–H groups in total. The summed E-state index contributed by atoms with van der Waals surface area (Å²) in [6.45, 7) is 2.29. The quantitative estimate of drug-likeness (QED) is 0.837. The van der Waals surface area contributed by atoms with Crippen molar-refractivity contribution >= 4 is 35.0 Å². The molecule has 152 valence electrons. The molecule has 3 heterocycles. The molecule has 2 saturated heterocycles. The number of rotatable bonds is 5. The SMILES string of the molecule is CN(C)c1nc(N2CCCC2)ncc1NC(=O)C1CC(=O)N(c2ccccc2)C1. The summed E-state index contributed by atoms with van der Waals surface area (Å²) in [6.07, 6.45) is 4.16. The number of nitrogens with one attached hydrogen (secondary N) is 1. The van der Waals surface area contributed by atoms with Crippen molar-refractivity contribution in [3.8, 4) is 0 Å². The first-order valence-electron chi connectivity index (χ1n) is 9.98. The molecule has 8 nitrogen and oxygen atoms in total. The third-order valence-electron chi connectivity index (χ3n) is 5.39. The lowest BCUT2D eigenvalue weighted by molar-refractivity contribution is -0.122. The lowest BCUT2D eigenvalue weighted by Crippen LogP contribution is -2.29. The fourth-order valence-electron chi connectivity index (χ4n) is 3.84. The van der Waals surface area contributed by atoms with Gasteiger partial charge in [0.2, 0.25) is 17.8 Å². The van der Waals surface area contributed by atoms with Gasteiger partial charge in [-0.25, -0.2) is 4.98 Å². The largest absolute Gasteiger partial charge is 0.361 e. The zero-order chi connectivity index (χ0) is 20.4. The highest BCUT2D eigenvalue weighted by molar-refractivity contribution is 6.04. The Balaban J connectivity index is 1.48. The number of amides is 2. The number of carbonyl (C=O) groups excluding carboxylic acids is 2. The standard InChI is InChI=1S/C21H26N6O2/c1-25(2)19-17(13-22-21(24-19)26-10-6-7-11-26)23-20(29)15-12-18(28)27(14-15)16-8-4-3-5-9-16/h3-5,8-9,13,15H,6-7,10-12,14H2,1-2H3,(H,23,29). The second-order valence-electron chi connectivity index (χ2n) is 7.73. The number of para-hydroxylation sites is 1. The number of hydrogen-bond acceptors (Lipinski definition) is 6. The van der Waals surface area contributed by atoms with Crippen molar-refractivity contribution in [2.24, 2.45) is 5.92 Å². The maximum absolute atomic E-state index is 12.9. The number of anilines is 4. The summed E-state index contributed by atoms with van der Waals surface area (Å²) in [5.74, 6) is 0.730. The van der Waals surface area contributed by atoms with E-state index in [1.165, 1.54) is 0 Å². The van der Waals surface area contributed by atoms with Crippen LogP contribution in [-0.2, 0) is 9.59 Å². The van der Waals surface area contributed by atoms with Gasteiger partial charge in [-0.15, -0.1) is 0 Å². The van der Waals surface area contributed by atoms with Gasteiger partial charge in [0.05, 0.1) is 12.1 Å². The van der Waals surface area contributed by atoms with E-state index in [1.807, 2.05) is 49.3 Å². The molecule has 8 heteroatoms. The molecule has 0 spiro atoms. The summed E-state index contributed by atoms with van der Waals surface area (Å²) in [4.78, 5) is 40.1. The summed E-state index contributed by atoms with van der Waals surface area (Å²) in [5.41, 5.74) is 1.38. The Labute approximate surface area is 170 Å². The zero-order valence-corrected chi connectivity index (χ0v) is 16.8. The maximum atomic E-state index is 12.9. The van der Waals surface area contributed by atoms with E-state index in [2.05, 4.69) is 20.2 Å². The van der Waals surface area contributed by atoms with Crippen LogP contribution >= 0.6 is 0 Å². The van der Waals surface area contributed by atoms with Gasteiger partial charge in [-0.05, 0) is 25.0 Å². The van der Waals surface area contributed by atoms with E-state index in [9.17, 15) is 9.59 Å². The number of aromatic nitrogens is 2. The monoisotopic (exact) mass is 394 g/mol. The molecule has 0 aliphatic carbocycles. The molecule has 1 aromatic carbocycles. The van der Waals surface area contributed by atoms with Crippen molar-refractivity contribution in [3.63, 3.8) is 0 Å². The first kappa shape index (κ1) is 19.2. The van der Waals surface area contributed by atoms with Gasteiger partial charge in [0.15, 0.2) is 5.82 Å². The number of benzene rings is 1. The van der Waals surface area contributed by atoms with E-state index >= 15 is 0 Å². The van der Waals surface area contributed by atoms with Crippen LogP contribution in [0.4, 0.5) is 23.1 Å². The van der Waals surface area contributed by atoms with Crippen molar-refractivity contribution in [3.05, 3.63) is 36.5 Å². The average molecular weight is 394 g/mol. The molecule has 1 unspecified atom stereocenters. The first-order valence-corrected chi connectivity index (χ1v) is 9.98. The molecular weight excluding hydrogens is 368 g/mol. The lowest BCUT2D eigenvalue weighted by Gasteiger charge is -2.21. The normalized spacial score (nSPS) is 19.0. The van der Waals surface area contributed by atoms with Gasteiger partial charge in [0.25, 0.3) is 0 Å². The summed E-state index contributed by atoms with van der Waals surface area (Å²) in [7, 11) is 3.78. The molecule has 2 fully saturated rings. The lowest BCUT2D eigenvalue weighted by atomic mass is 10.1. The van der Waals surface area contributed by atoms with Gasteiger partial charge in [-0.2, -0.15) is 4.98 Å². The highest BCUT2D eigenvalue weighted by atomic mass is 16.2. The molecule has 2 aliphatic rings. The Morgan fingerprint density at radius 2 is 1.90 bits per heavy atom. The second kappa shape index (κ2) is 8.06. The number of carbonyl (C=O) groups is 2. The third kappa shape index (κ3) is 4.01. The Hall–Kier alpha value is -3.16. The van der Waals surface area contributed by atoms with Gasteiger partial charge >= 0.3 is 0 Å². The van der Waals surface area contributed by atoms with Crippen LogP contribution in [0.5, 0.6) is 0 Å². The summed E-state index contributed by atoms with van der Waals surface area (Å²) >= 11 is 0. The maximum Gasteiger partial charge on any atom is 0.229 e. The molecule has 0 bridgehead atoms. The predicted octanol–water partition coefficient (Wildman–Crippen LogP) is 2.13. The molecule has 0 radical (unpaired) electrons. The van der Waals surface area contributed by atoms with E-state index in [0.717, 1.165) is 31.6 Å². The molecule has 0 saturated carbocycles. The molecular formula is C21H26N6O2. The molecule has 2 amide bonds. The Morgan fingerprint density at radius 1 is 1.17 bits per heavy atom. The van der Waals surface area contributed by atoms with Crippen molar-refractivity contribution in [2.45, 2.75) is 19.3 Å². The summed E-state index contributed by atoms with van der Waals surface area (Å²) < 4.78 is 0. The summed E-state index contributed by atoms with van der Waals surface area (Å²) in [5, 5.41) is 2.94. The minimum Gasteiger partial charge on any atom is -0.361 e. The van der Waals surface area contributed by atoms with Gasteiger partial charge in [0, 0.05) is 45.8 Å². The van der Waals surface area contributed by atoms with Crippen LogP contribution in [0.1, 0.15) is 19.3 Å². The summed E-state index contributed by atoms with van der Waals surface area (Å²) in [6, 6.07) is 9.45. The van der Waals surface area contributed by atoms with Crippen LogP contribution in [0.2, 0.25) is 0 Å². The molecule has 1 atom stereocenters. The van der Waals surface area contributed by atoms with E-state index in [0.29, 0.717) is 24.0 Å².